The van der Waals surface area contributed by atoms with Crippen molar-refractivity contribution < 1.29 is 13.6 Å². The third-order valence-electron chi connectivity index (χ3n) is 5.11. The lowest BCUT2D eigenvalue weighted by Gasteiger charge is -2.34. The van der Waals surface area contributed by atoms with Gasteiger partial charge in [-0.15, -0.1) is 0 Å². The molecule has 0 aliphatic carbocycles. The molecule has 3 aromatic heterocycles. The van der Waals surface area contributed by atoms with Gasteiger partial charge in [-0.2, -0.15) is 18.6 Å². The van der Waals surface area contributed by atoms with E-state index in [0.717, 1.165) is 22.3 Å². The number of carbonyl (C=O) groups is 1. The van der Waals surface area contributed by atoms with Gasteiger partial charge < -0.3 is 14.9 Å². The lowest BCUT2D eigenvalue weighted by molar-refractivity contribution is 0.0441. The van der Waals surface area contributed by atoms with Crippen molar-refractivity contribution in [3.8, 4) is 0 Å². The number of fused-ring (bicyclic) bond motifs is 2. The molecule has 4 heterocycles. The number of para-hydroxylation sites is 1. The predicted octanol–water partition coefficient (Wildman–Crippen LogP) is 3.27. The van der Waals surface area contributed by atoms with Crippen molar-refractivity contribution in [2.24, 2.45) is 0 Å². The Hall–Kier alpha value is -3.49. The molecular weight excluding hydrogens is 366 g/mol. The molecule has 28 heavy (non-hydrogen) atoms. The van der Waals surface area contributed by atoms with Crippen molar-refractivity contribution in [3.05, 3.63) is 71.7 Å². The molecule has 0 saturated carbocycles. The summed E-state index contributed by atoms with van der Waals surface area (Å²) in [5, 5.41) is 4.59. The van der Waals surface area contributed by atoms with Crippen LogP contribution in [0.4, 0.5) is 8.78 Å². The molecule has 1 amide bonds. The van der Waals surface area contributed by atoms with Gasteiger partial charge in [0.25, 0.3) is 5.91 Å². The maximum absolute atomic E-state index is 13.2. The van der Waals surface area contributed by atoms with Gasteiger partial charge in [-0.3, -0.25) is 4.79 Å². The average molecular weight is 382 g/mol. The van der Waals surface area contributed by atoms with Crippen LogP contribution in [0.2, 0.25) is 0 Å². The second kappa shape index (κ2) is 6.29. The Bertz CT molecular complexity index is 1130. The van der Waals surface area contributed by atoms with Crippen LogP contribution >= 0.6 is 0 Å². The second-order valence-electron chi connectivity index (χ2n) is 6.67. The summed E-state index contributed by atoms with van der Waals surface area (Å²) >= 11 is 0. The normalized spacial score (nSPS) is 16.7. The van der Waals surface area contributed by atoms with Gasteiger partial charge in [0, 0.05) is 36.1 Å². The summed E-state index contributed by atoms with van der Waals surface area (Å²) in [5.74, 6) is -0.505. The monoisotopic (exact) mass is 382 g/mol. The Morgan fingerprint density at radius 1 is 1.25 bits per heavy atom. The Kier molecular flexibility index (Phi) is 3.75. The number of benzene rings is 1. The number of aromatic amines is 2. The fraction of sp³-hybridized carbons (Fsp3) is 0.211. The number of H-pyrrole nitrogens is 2. The molecule has 142 valence electrons. The van der Waals surface area contributed by atoms with E-state index < -0.39 is 18.5 Å². The van der Waals surface area contributed by atoms with Crippen molar-refractivity contribution in [3.63, 3.8) is 0 Å². The van der Waals surface area contributed by atoms with Crippen molar-refractivity contribution in [1.29, 1.82) is 0 Å². The highest BCUT2D eigenvalue weighted by molar-refractivity contribution is 5.93. The Morgan fingerprint density at radius 3 is 2.93 bits per heavy atom. The number of nitrogens with zero attached hydrogens (tertiary/aromatic N) is 4. The van der Waals surface area contributed by atoms with Gasteiger partial charge in [-0.05, 0) is 23.6 Å². The summed E-state index contributed by atoms with van der Waals surface area (Å²) in [6.07, 6.45) is 3.37. The second-order valence-corrected chi connectivity index (χ2v) is 6.67. The van der Waals surface area contributed by atoms with Crippen LogP contribution in [0.3, 0.4) is 0 Å². The molecule has 7 nitrogen and oxygen atoms in total. The van der Waals surface area contributed by atoms with Crippen LogP contribution < -0.4 is 0 Å². The van der Waals surface area contributed by atoms with E-state index in [-0.39, 0.29) is 5.69 Å². The SMILES string of the molecule is O=C(c1ccnn1C(F)F)N1CCc2[nH]cnc2[C@H]1c1cc2ccccc2[nH]1. The van der Waals surface area contributed by atoms with E-state index in [1.807, 2.05) is 30.3 Å². The molecule has 1 aliphatic heterocycles. The third-order valence-corrected chi connectivity index (χ3v) is 5.11. The van der Waals surface area contributed by atoms with Crippen molar-refractivity contribution in [2.75, 3.05) is 6.54 Å². The highest BCUT2D eigenvalue weighted by atomic mass is 19.3. The maximum atomic E-state index is 13.2. The smallest absolute Gasteiger partial charge is 0.333 e. The molecule has 1 aromatic carbocycles. The van der Waals surface area contributed by atoms with Gasteiger partial charge in [0.1, 0.15) is 11.7 Å². The first-order valence-corrected chi connectivity index (χ1v) is 8.86. The van der Waals surface area contributed by atoms with Crippen LogP contribution in [0.15, 0.2) is 48.9 Å². The Morgan fingerprint density at radius 2 is 2.11 bits per heavy atom. The highest BCUT2D eigenvalue weighted by Crippen LogP contribution is 2.35. The lowest BCUT2D eigenvalue weighted by Crippen LogP contribution is -2.41. The van der Waals surface area contributed by atoms with E-state index in [4.69, 9.17) is 0 Å². The zero-order valence-corrected chi connectivity index (χ0v) is 14.6. The van der Waals surface area contributed by atoms with Gasteiger partial charge in [-0.25, -0.2) is 4.98 Å². The van der Waals surface area contributed by atoms with Gasteiger partial charge in [0.2, 0.25) is 0 Å². The quantitative estimate of drug-likeness (QED) is 0.571. The summed E-state index contributed by atoms with van der Waals surface area (Å²) in [6, 6.07) is 10.6. The van der Waals surface area contributed by atoms with Crippen LogP contribution in [-0.2, 0) is 6.42 Å². The predicted molar refractivity (Wildman–Crippen MR) is 96.9 cm³/mol. The molecular formula is C19H16F2N6O. The first-order valence-electron chi connectivity index (χ1n) is 8.86. The zero-order chi connectivity index (χ0) is 19.3. The molecule has 1 atom stereocenters. The lowest BCUT2D eigenvalue weighted by atomic mass is 9.99. The molecule has 2 N–H and O–H groups in total. The van der Waals surface area contributed by atoms with Crippen LogP contribution in [0.25, 0.3) is 10.9 Å². The Labute approximate surface area is 158 Å². The largest absolute Gasteiger partial charge is 0.356 e. The number of alkyl halides is 2. The number of hydrogen-bond acceptors (Lipinski definition) is 3. The number of halogens is 2. The van der Waals surface area contributed by atoms with Crippen LogP contribution in [0.1, 0.15) is 40.2 Å². The minimum Gasteiger partial charge on any atom is -0.356 e. The molecule has 0 bridgehead atoms. The van der Waals surface area contributed by atoms with Crippen LogP contribution in [-0.4, -0.2) is 42.1 Å². The molecule has 5 rings (SSSR count). The third kappa shape index (κ3) is 2.50. The van der Waals surface area contributed by atoms with Crippen molar-refractivity contribution >= 4 is 16.8 Å². The minimum atomic E-state index is -2.88. The van der Waals surface area contributed by atoms with Gasteiger partial charge in [0.05, 0.1) is 12.0 Å². The number of nitrogens with one attached hydrogen (secondary N) is 2. The standard InChI is InChI=1S/C19H16F2N6O/c20-19(21)27-15(5-7-24-27)18(28)26-8-6-13-16(23-10-22-13)17(26)14-9-11-3-1-2-4-12(11)25-14/h1-5,7,9-10,17,19,25H,6,8H2,(H,22,23)/t17-/m1/s1. The number of imidazole rings is 1. The fourth-order valence-electron chi connectivity index (χ4n) is 3.84. The molecule has 0 fully saturated rings. The summed E-state index contributed by atoms with van der Waals surface area (Å²) in [6.45, 7) is -2.51. The summed E-state index contributed by atoms with van der Waals surface area (Å²) in [4.78, 5) is 25.6. The molecule has 4 aromatic rings. The first-order chi connectivity index (χ1) is 13.6. The molecule has 1 aliphatic rings. The molecule has 0 unspecified atom stereocenters. The Balaban J connectivity index is 1.62. The summed E-state index contributed by atoms with van der Waals surface area (Å²) in [7, 11) is 0. The van der Waals surface area contributed by atoms with Crippen LogP contribution in [0, 0.1) is 0 Å². The van der Waals surface area contributed by atoms with Gasteiger partial charge >= 0.3 is 6.55 Å². The van der Waals surface area contributed by atoms with Crippen LogP contribution in [0.5, 0.6) is 0 Å². The minimum absolute atomic E-state index is 0.143. The summed E-state index contributed by atoms with van der Waals surface area (Å²) < 4.78 is 26.9. The molecule has 0 radical (unpaired) electrons. The van der Waals surface area contributed by atoms with E-state index in [2.05, 4.69) is 20.1 Å². The van der Waals surface area contributed by atoms with E-state index in [0.29, 0.717) is 23.3 Å². The highest BCUT2D eigenvalue weighted by Gasteiger charge is 2.37. The first kappa shape index (κ1) is 16.7. The number of rotatable bonds is 3. The topological polar surface area (TPSA) is 82.6 Å². The molecule has 0 spiro atoms. The molecule has 0 saturated heterocycles. The van der Waals surface area contributed by atoms with Crippen molar-refractivity contribution in [1.82, 2.24) is 29.6 Å². The number of carbonyl (C=O) groups excluding carboxylic acids is 1. The fourth-order valence-corrected chi connectivity index (χ4v) is 3.84. The van der Waals surface area contributed by atoms with Gasteiger partial charge in [0.15, 0.2) is 0 Å². The summed E-state index contributed by atoms with van der Waals surface area (Å²) in [5.41, 5.74) is 3.23. The van der Waals surface area contributed by atoms with Crippen molar-refractivity contribution in [2.45, 2.75) is 19.0 Å². The number of hydrogen-bond donors (Lipinski definition) is 2. The van der Waals surface area contributed by atoms with E-state index in [1.165, 1.54) is 12.3 Å². The average Bonchev–Trinajstić information content (AvgIpc) is 3.44. The zero-order valence-electron chi connectivity index (χ0n) is 14.6. The van der Waals surface area contributed by atoms with E-state index >= 15 is 0 Å². The van der Waals surface area contributed by atoms with Gasteiger partial charge in [-0.1, -0.05) is 18.2 Å². The van der Waals surface area contributed by atoms with E-state index in [9.17, 15) is 13.6 Å². The van der Waals surface area contributed by atoms with E-state index in [1.54, 1.807) is 11.2 Å². The maximum Gasteiger partial charge on any atom is 0.333 e. The number of aromatic nitrogens is 5. The molecule has 9 heteroatoms. The number of amides is 1.